The fourth-order valence-corrected chi connectivity index (χ4v) is 6.42. The van der Waals surface area contributed by atoms with Gasteiger partial charge in [-0.15, -0.1) is 0 Å². The third kappa shape index (κ3) is 6.50. The van der Waals surface area contributed by atoms with Gasteiger partial charge in [0.25, 0.3) is 5.78 Å². The third-order valence-corrected chi connectivity index (χ3v) is 8.80. The van der Waals surface area contributed by atoms with Crippen molar-refractivity contribution >= 4 is 39.9 Å². The summed E-state index contributed by atoms with van der Waals surface area (Å²) >= 11 is 0.933. The monoisotopic (exact) mass is 646 g/mol. The highest BCUT2D eigenvalue weighted by Gasteiger charge is 2.49. The standard InChI is InChI=1S/C35H38N2O8S/c1-7-14-44-34(41)32-21(6)36-35(46-32)37-29(22-9-12-26(27(18-22)42-8-2)43-15-13-19(3)4)28(31(39)33(37)40)30(38)23-10-11-25-24(17-23)16-20(5)45-25/h7,9-12,17-20,29,38H,1,8,13-16H2,2-6H3/t20-,29-/m0/s1. The Hall–Kier alpha value is -4.64. The van der Waals surface area contributed by atoms with Crippen LogP contribution in [0.1, 0.15) is 72.2 Å². The molecule has 46 heavy (non-hydrogen) atoms. The van der Waals surface area contributed by atoms with Crippen LogP contribution in [0, 0.1) is 12.8 Å². The number of thiazole rings is 1. The Morgan fingerprint density at radius 2 is 1.98 bits per heavy atom. The summed E-state index contributed by atoms with van der Waals surface area (Å²) < 4.78 is 23.0. The Morgan fingerprint density at radius 3 is 2.70 bits per heavy atom. The molecule has 2 aromatic carbocycles. The minimum Gasteiger partial charge on any atom is -0.507 e. The van der Waals surface area contributed by atoms with Crippen LogP contribution in [0.2, 0.25) is 0 Å². The van der Waals surface area contributed by atoms with Crippen molar-refractivity contribution in [3.63, 3.8) is 0 Å². The summed E-state index contributed by atoms with van der Waals surface area (Å²) in [5.74, 6) is -0.608. The smallest absolute Gasteiger partial charge is 0.350 e. The van der Waals surface area contributed by atoms with Crippen LogP contribution in [-0.4, -0.2) is 53.7 Å². The average Bonchev–Trinajstić information content (AvgIpc) is 3.67. The lowest BCUT2D eigenvalue weighted by Crippen LogP contribution is -2.29. The normalized spacial score (nSPS) is 18.4. The van der Waals surface area contributed by atoms with E-state index in [-0.39, 0.29) is 34.1 Å². The maximum absolute atomic E-state index is 13.8. The number of carbonyl (C=O) groups is 3. The van der Waals surface area contributed by atoms with E-state index in [1.54, 1.807) is 43.3 Å². The van der Waals surface area contributed by atoms with Gasteiger partial charge in [-0.3, -0.25) is 14.5 Å². The van der Waals surface area contributed by atoms with Gasteiger partial charge in [0.15, 0.2) is 16.6 Å². The molecule has 0 radical (unpaired) electrons. The zero-order valence-electron chi connectivity index (χ0n) is 26.6. The molecule has 3 heterocycles. The van der Waals surface area contributed by atoms with Gasteiger partial charge in [-0.2, -0.15) is 0 Å². The van der Waals surface area contributed by atoms with Gasteiger partial charge in [0, 0.05) is 12.0 Å². The number of carbonyl (C=O) groups excluding carboxylic acids is 3. The molecular weight excluding hydrogens is 608 g/mol. The summed E-state index contributed by atoms with van der Waals surface area (Å²) in [5, 5.41) is 11.8. The van der Waals surface area contributed by atoms with Gasteiger partial charge < -0.3 is 24.1 Å². The van der Waals surface area contributed by atoms with Crippen LogP contribution in [0.4, 0.5) is 5.13 Å². The number of rotatable bonds is 12. The first-order valence-corrected chi connectivity index (χ1v) is 16.1. The minimum atomic E-state index is -1.09. The Labute approximate surface area is 272 Å². The fraction of sp³-hybridized carbons (Fsp3) is 0.371. The summed E-state index contributed by atoms with van der Waals surface area (Å²) in [7, 11) is 0. The van der Waals surface area contributed by atoms with Crippen LogP contribution in [0.15, 0.2) is 54.6 Å². The molecule has 0 aliphatic carbocycles. The maximum Gasteiger partial charge on any atom is 0.350 e. The Morgan fingerprint density at radius 1 is 1.20 bits per heavy atom. The molecule has 2 aliphatic heterocycles. The highest BCUT2D eigenvalue weighted by atomic mass is 32.1. The summed E-state index contributed by atoms with van der Waals surface area (Å²) in [6, 6.07) is 9.29. The van der Waals surface area contributed by atoms with Crippen molar-refractivity contribution in [1.82, 2.24) is 4.98 Å². The van der Waals surface area contributed by atoms with E-state index in [1.165, 1.54) is 11.0 Å². The Bertz CT molecular complexity index is 1710. The van der Waals surface area contributed by atoms with Gasteiger partial charge >= 0.3 is 11.9 Å². The van der Waals surface area contributed by atoms with Crippen LogP contribution < -0.4 is 19.1 Å². The molecule has 0 bridgehead atoms. The first-order chi connectivity index (χ1) is 22.0. The second-order valence-corrected chi connectivity index (χ2v) is 12.6. The van der Waals surface area contributed by atoms with Crippen LogP contribution in [-0.2, 0) is 20.7 Å². The second kappa shape index (κ2) is 13.8. The molecule has 242 valence electrons. The van der Waals surface area contributed by atoms with E-state index in [9.17, 15) is 19.5 Å². The van der Waals surface area contributed by atoms with E-state index in [4.69, 9.17) is 18.9 Å². The Balaban J connectivity index is 1.65. The van der Waals surface area contributed by atoms with Crippen molar-refractivity contribution in [3.8, 4) is 17.2 Å². The molecule has 2 atom stereocenters. The third-order valence-electron chi connectivity index (χ3n) is 7.66. The molecule has 11 heteroatoms. The number of benzene rings is 2. The molecule has 1 saturated heterocycles. The minimum absolute atomic E-state index is 0.00636. The summed E-state index contributed by atoms with van der Waals surface area (Å²) in [6.45, 7) is 14.1. The summed E-state index contributed by atoms with van der Waals surface area (Å²) in [4.78, 5) is 46.3. The molecule has 1 aromatic heterocycles. The lowest BCUT2D eigenvalue weighted by Gasteiger charge is -2.24. The molecule has 1 amide bonds. The summed E-state index contributed by atoms with van der Waals surface area (Å²) in [5.41, 5.74) is 1.98. The van der Waals surface area contributed by atoms with Crippen LogP contribution in [0.25, 0.3) is 5.76 Å². The van der Waals surface area contributed by atoms with Crippen molar-refractivity contribution in [3.05, 3.63) is 81.9 Å². The van der Waals surface area contributed by atoms with E-state index in [1.807, 2.05) is 13.8 Å². The lowest BCUT2D eigenvalue weighted by atomic mass is 9.94. The second-order valence-electron chi connectivity index (χ2n) is 11.6. The number of nitrogens with zero attached hydrogens (tertiary/aromatic N) is 2. The van der Waals surface area contributed by atoms with E-state index in [0.29, 0.717) is 59.6 Å². The van der Waals surface area contributed by atoms with Gasteiger partial charge in [-0.05, 0) is 74.6 Å². The fourth-order valence-electron chi connectivity index (χ4n) is 5.43. The number of amides is 1. The highest BCUT2D eigenvalue weighted by Crippen LogP contribution is 2.46. The maximum atomic E-state index is 13.8. The predicted octanol–water partition coefficient (Wildman–Crippen LogP) is 6.57. The zero-order valence-corrected chi connectivity index (χ0v) is 27.4. The molecule has 0 unspecified atom stereocenters. The first kappa shape index (κ1) is 32.7. The number of aryl methyl sites for hydroxylation is 1. The SMILES string of the molecule is C=CCOC(=O)c1sc(N2C(=O)C(=O)C(=C(O)c3ccc4c(c3)C[C@H](C)O4)[C@@H]2c2ccc(OCCC(C)C)c(OCC)c2)nc1C. The molecule has 1 fully saturated rings. The van der Waals surface area contributed by atoms with Gasteiger partial charge in [-0.1, -0.05) is 43.9 Å². The average molecular weight is 647 g/mol. The van der Waals surface area contributed by atoms with E-state index in [0.717, 1.165) is 23.3 Å². The van der Waals surface area contributed by atoms with Crippen LogP contribution in [0.5, 0.6) is 17.2 Å². The number of aromatic nitrogens is 1. The molecule has 0 spiro atoms. The van der Waals surface area contributed by atoms with Crippen LogP contribution in [0.3, 0.4) is 0 Å². The van der Waals surface area contributed by atoms with Gasteiger partial charge in [-0.25, -0.2) is 9.78 Å². The molecular formula is C35H38N2O8S. The predicted molar refractivity (Wildman–Crippen MR) is 175 cm³/mol. The number of aliphatic hydroxyl groups is 1. The Kier molecular flexibility index (Phi) is 9.81. The number of hydrogen-bond acceptors (Lipinski definition) is 10. The first-order valence-electron chi connectivity index (χ1n) is 15.3. The van der Waals surface area contributed by atoms with Crippen molar-refractivity contribution in [2.75, 3.05) is 24.7 Å². The van der Waals surface area contributed by atoms with Gasteiger partial charge in [0.05, 0.1) is 30.5 Å². The van der Waals surface area contributed by atoms with E-state index in [2.05, 4.69) is 25.4 Å². The number of fused-ring (bicyclic) bond motifs is 1. The lowest BCUT2D eigenvalue weighted by molar-refractivity contribution is -0.132. The number of anilines is 1. The number of hydrogen-bond donors (Lipinski definition) is 1. The highest BCUT2D eigenvalue weighted by molar-refractivity contribution is 7.17. The van der Waals surface area contributed by atoms with Crippen molar-refractivity contribution in [1.29, 1.82) is 0 Å². The van der Waals surface area contributed by atoms with Crippen molar-refractivity contribution in [2.24, 2.45) is 5.92 Å². The summed E-state index contributed by atoms with van der Waals surface area (Å²) in [6.07, 6.45) is 2.93. The number of ketones is 1. The zero-order chi connectivity index (χ0) is 33.1. The number of Topliss-reactive ketones (excluding diaryl/α,β-unsaturated/α-hetero) is 1. The van der Waals surface area contributed by atoms with E-state index < -0.39 is 23.7 Å². The van der Waals surface area contributed by atoms with Gasteiger partial charge in [0.1, 0.15) is 29.1 Å². The number of aliphatic hydroxyl groups excluding tert-OH is 1. The van der Waals surface area contributed by atoms with E-state index >= 15 is 0 Å². The largest absolute Gasteiger partial charge is 0.507 e. The van der Waals surface area contributed by atoms with Gasteiger partial charge in [0.2, 0.25) is 0 Å². The molecule has 3 aromatic rings. The topological polar surface area (TPSA) is 124 Å². The molecule has 10 nitrogen and oxygen atoms in total. The molecule has 2 aliphatic rings. The molecule has 0 saturated carbocycles. The molecule has 1 N–H and O–H groups in total. The van der Waals surface area contributed by atoms with Crippen molar-refractivity contribution in [2.45, 2.75) is 59.6 Å². The van der Waals surface area contributed by atoms with Crippen LogP contribution >= 0.6 is 11.3 Å². The number of esters is 1. The van der Waals surface area contributed by atoms with Crippen molar-refractivity contribution < 1.29 is 38.4 Å². The molecule has 5 rings (SSSR count). The number of ether oxygens (including phenoxy) is 4. The quantitative estimate of drug-likeness (QED) is 0.0765.